The number of imidazole rings is 1. The van der Waals surface area contributed by atoms with Gasteiger partial charge in [-0.3, -0.25) is 33.8 Å². The first-order valence-corrected chi connectivity index (χ1v) is 13.2. The number of aryl methyl sites for hydroxylation is 2. The summed E-state index contributed by atoms with van der Waals surface area (Å²) in [6, 6.07) is 10.0. The second kappa shape index (κ2) is 9.50. The van der Waals surface area contributed by atoms with Crippen LogP contribution in [-0.2, 0) is 14.1 Å². The first-order valence-electron chi connectivity index (χ1n) is 13.2. The molecule has 40 heavy (non-hydrogen) atoms. The van der Waals surface area contributed by atoms with E-state index >= 15 is 0 Å². The minimum atomic E-state index is -0.914. The fraction of sp³-hybridized carbons (Fsp3) is 0.286. The summed E-state index contributed by atoms with van der Waals surface area (Å²) in [7, 11) is 3.66. The maximum Gasteiger partial charge on any atom is 0.329 e. The van der Waals surface area contributed by atoms with E-state index in [4.69, 9.17) is 0 Å². The van der Waals surface area contributed by atoms with Crippen molar-refractivity contribution in [3.63, 3.8) is 0 Å². The number of nitrogens with one attached hydrogen (secondary N) is 1. The van der Waals surface area contributed by atoms with Gasteiger partial charge in [0.1, 0.15) is 6.33 Å². The molecule has 12 nitrogen and oxygen atoms in total. The molecule has 0 amide bonds. The van der Waals surface area contributed by atoms with Crippen molar-refractivity contribution in [3.05, 3.63) is 77.8 Å². The molecule has 0 saturated carbocycles. The maximum atomic E-state index is 13.6. The fourth-order valence-electron chi connectivity index (χ4n) is 5.76. The van der Waals surface area contributed by atoms with Crippen LogP contribution in [0.3, 0.4) is 0 Å². The Morgan fingerprint density at radius 3 is 2.65 bits per heavy atom. The minimum absolute atomic E-state index is 0.0989. The number of aromatic amines is 1. The molecular formula is C28H28N10O2. The molecule has 0 spiro atoms. The highest BCUT2D eigenvalue weighted by Gasteiger charge is 2.30. The number of hydrogen-bond acceptors (Lipinski definition) is 8. The topological polar surface area (TPSA) is 136 Å². The lowest BCUT2D eigenvalue weighted by Crippen LogP contribution is -2.42. The first-order chi connectivity index (χ1) is 19.5. The van der Waals surface area contributed by atoms with Crippen molar-refractivity contribution < 1.29 is 5.11 Å². The minimum Gasteiger partial charge on any atom is -0.371 e. The van der Waals surface area contributed by atoms with E-state index in [0.717, 1.165) is 57.2 Å². The molecule has 1 fully saturated rings. The van der Waals surface area contributed by atoms with Crippen molar-refractivity contribution >= 4 is 21.9 Å². The molecule has 2 unspecified atom stereocenters. The molecule has 1 aromatic carbocycles. The van der Waals surface area contributed by atoms with Crippen molar-refractivity contribution in [2.24, 2.45) is 14.1 Å². The number of aromatic nitrogens is 9. The van der Waals surface area contributed by atoms with Gasteiger partial charge in [-0.05, 0) is 36.6 Å². The summed E-state index contributed by atoms with van der Waals surface area (Å²) in [5.74, 6) is 0.397. The lowest BCUT2D eigenvalue weighted by molar-refractivity contribution is -0.0275. The van der Waals surface area contributed by atoms with Gasteiger partial charge in [0.2, 0.25) is 0 Å². The van der Waals surface area contributed by atoms with Crippen LogP contribution in [-0.4, -0.2) is 67.2 Å². The van der Waals surface area contributed by atoms with Crippen LogP contribution < -0.4 is 5.69 Å². The second-order valence-electron chi connectivity index (χ2n) is 10.3. The van der Waals surface area contributed by atoms with E-state index in [1.54, 1.807) is 28.7 Å². The molecule has 0 bridgehead atoms. The number of benzene rings is 1. The average molecular weight is 537 g/mol. The molecule has 0 radical (unpaired) electrons. The van der Waals surface area contributed by atoms with Gasteiger partial charge in [-0.15, -0.1) is 0 Å². The average Bonchev–Trinajstić information content (AvgIpc) is 3.73. The summed E-state index contributed by atoms with van der Waals surface area (Å²) in [4.78, 5) is 29.0. The predicted octanol–water partition coefficient (Wildman–Crippen LogP) is 2.80. The van der Waals surface area contributed by atoms with Crippen LogP contribution in [0.15, 0.2) is 66.2 Å². The smallest absolute Gasteiger partial charge is 0.329 e. The molecule has 1 saturated heterocycles. The van der Waals surface area contributed by atoms with Crippen LogP contribution in [0.5, 0.6) is 0 Å². The number of H-pyrrole nitrogens is 1. The summed E-state index contributed by atoms with van der Waals surface area (Å²) in [6.45, 7) is 1.20. The highest BCUT2D eigenvalue weighted by molar-refractivity contribution is 6.04. The number of hydrogen-bond donors (Lipinski definition) is 2. The van der Waals surface area contributed by atoms with Gasteiger partial charge in [0.05, 0.1) is 40.7 Å². The Balaban J connectivity index is 1.30. The van der Waals surface area contributed by atoms with Crippen molar-refractivity contribution in [2.75, 3.05) is 13.1 Å². The SMILES string of the molecule is Cn1cc(-c2ccc(-c3ccc4ncc5c(c4c3)n(C3CCCN(C(O)c4ncn[nH]4)C3)c(=O)n5C)cn2)cn1. The normalized spacial score (nSPS) is 17.1. The summed E-state index contributed by atoms with van der Waals surface area (Å²) in [6.07, 6.45) is 9.49. The highest BCUT2D eigenvalue weighted by Crippen LogP contribution is 2.33. The second-order valence-corrected chi connectivity index (χ2v) is 10.3. The fourth-order valence-corrected chi connectivity index (χ4v) is 5.76. The van der Waals surface area contributed by atoms with E-state index in [-0.39, 0.29) is 11.7 Å². The Morgan fingerprint density at radius 1 is 1.02 bits per heavy atom. The largest absolute Gasteiger partial charge is 0.371 e. The monoisotopic (exact) mass is 536 g/mol. The summed E-state index contributed by atoms with van der Waals surface area (Å²) in [5.41, 5.74) is 6.10. The molecule has 5 aromatic heterocycles. The highest BCUT2D eigenvalue weighted by atomic mass is 16.3. The summed E-state index contributed by atoms with van der Waals surface area (Å²) in [5, 5.41) is 22.6. The molecule has 7 rings (SSSR count). The van der Waals surface area contributed by atoms with Gasteiger partial charge >= 0.3 is 5.69 Å². The third kappa shape index (κ3) is 4.00. The van der Waals surface area contributed by atoms with E-state index in [9.17, 15) is 9.90 Å². The van der Waals surface area contributed by atoms with Crippen LogP contribution in [0.4, 0.5) is 0 Å². The first kappa shape index (κ1) is 24.4. The van der Waals surface area contributed by atoms with E-state index in [1.807, 2.05) is 53.2 Å². The van der Waals surface area contributed by atoms with Gasteiger partial charge in [-0.25, -0.2) is 9.78 Å². The van der Waals surface area contributed by atoms with Gasteiger partial charge in [0.15, 0.2) is 12.1 Å². The molecule has 1 aliphatic rings. The number of nitrogens with zero attached hydrogens (tertiary/aromatic N) is 9. The zero-order valence-electron chi connectivity index (χ0n) is 22.1. The maximum absolute atomic E-state index is 13.6. The summed E-state index contributed by atoms with van der Waals surface area (Å²) < 4.78 is 5.29. The number of piperidine rings is 1. The molecule has 12 heteroatoms. The third-order valence-electron chi connectivity index (χ3n) is 7.83. The standard InChI is InChI=1S/C28H28N10O2/c1-35-14-19(12-33-35)22-7-6-18(11-29-22)17-5-8-23-21(10-17)25-24(13-30-23)36(2)28(40)38(25)20-4-3-9-37(15-20)27(39)26-31-16-32-34-26/h5-8,10-14,16,20,27,39H,3-4,9,15H2,1-2H3,(H,31,32,34). The number of fused-ring (bicyclic) bond motifs is 3. The molecule has 2 atom stereocenters. The van der Waals surface area contributed by atoms with Crippen molar-refractivity contribution in [3.8, 4) is 22.4 Å². The van der Waals surface area contributed by atoms with E-state index in [2.05, 4.69) is 36.3 Å². The Bertz CT molecular complexity index is 1880. The molecular weight excluding hydrogens is 508 g/mol. The lowest BCUT2D eigenvalue weighted by atomic mass is 10.0. The van der Waals surface area contributed by atoms with E-state index in [0.29, 0.717) is 18.9 Å². The molecule has 2 N–H and O–H groups in total. The Hall–Kier alpha value is -4.68. The Kier molecular flexibility index (Phi) is 5.79. The molecule has 0 aliphatic carbocycles. The number of rotatable bonds is 5. The van der Waals surface area contributed by atoms with Gasteiger partial charge in [0, 0.05) is 56.1 Å². The van der Waals surface area contributed by atoms with E-state index in [1.165, 1.54) is 6.33 Å². The van der Waals surface area contributed by atoms with Crippen LogP contribution in [0.2, 0.25) is 0 Å². The zero-order valence-corrected chi connectivity index (χ0v) is 22.1. The van der Waals surface area contributed by atoms with Crippen molar-refractivity contribution in [1.82, 2.24) is 49.0 Å². The van der Waals surface area contributed by atoms with Gasteiger partial charge < -0.3 is 5.11 Å². The third-order valence-corrected chi connectivity index (χ3v) is 7.83. The Labute approximate surface area is 228 Å². The van der Waals surface area contributed by atoms with Crippen molar-refractivity contribution in [1.29, 1.82) is 0 Å². The van der Waals surface area contributed by atoms with Crippen LogP contribution in [0.25, 0.3) is 44.3 Å². The lowest BCUT2D eigenvalue weighted by Gasteiger charge is -2.35. The van der Waals surface area contributed by atoms with Crippen molar-refractivity contribution in [2.45, 2.75) is 25.1 Å². The van der Waals surface area contributed by atoms with Gasteiger partial charge in [-0.1, -0.05) is 12.1 Å². The van der Waals surface area contributed by atoms with Gasteiger partial charge in [-0.2, -0.15) is 10.2 Å². The number of likely N-dealkylation sites (tertiary alicyclic amines) is 1. The Morgan fingerprint density at radius 2 is 1.90 bits per heavy atom. The van der Waals surface area contributed by atoms with Crippen LogP contribution in [0, 0.1) is 0 Å². The summed E-state index contributed by atoms with van der Waals surface area (Å²) >= 11 is 0. The quantitative estimate of drug-likeness (QED) is 0.343. The van der Waals surface area contributed by atoms with Crippen LogP contribution in [0.1, 0.15) is 30.9 Å². The molecule has 202 valence electrons. The molecule has 6 heterocycles. The number of aliphatic hydroxyl groups is 1. The molecule has 1 aliphatic heterocycles. The number of pyridine rings is 2. The molecule has 6 aromatic rings. The zero-order chi connectivity index (χ0) is 27.4. The van der Waals surface area contributed by atoms with Crippen LogP contribution >= 0.6 is 0 Å². The predicted molar refractivity (Wildman–Crippen MR) is 149 cm³/mol. The van der Waals surface area contributed by atoms with E-state index < -0.39 is 6.23 Å². The number of aliphatic hydroxyl groups excluding tert-OH is 1. The van der Waals surface area contributed by atoms with Gasteiger partial charge in [0.25, 0.3) is 0 Å².